The number of rotatable bonds is 6. The van der Waals surface area contributed by atoms with Gasteiger partial charge >= 0.3 is 5.97 Å². The molecule has 0 bridgehead atoms. The lowest BCUT2D eigenvalue weighted by Gasteiger charge is -2.19. The van der Waals surface area contributed by atoms with E-state index in [0.29, 0.717) is 29.7 Å². The molecule has 7 nitrogen and oxygen atoms in total. The maximum atomic E-state index is 13.4. The summed E-state index contributed by atoms with van der Waals surface area (Å²) in [6.07, 6.45) is 1.88. The standard InChI is InChI=1S/C23H18F2N2O5/c1-30-16-7-4-14(5-8-16)19-12-20(21-3-2-10-31-21)27(26-19)22(28)13-32-23(29)15-6-9-17(24)18(25)11-15/h2-11,20H,12-13H2,1H3. The van der Waals surface area contributed by atoms with Crippen molar-refractivity contribution in [2.24, 2.45) is 5.10 Å². The highest BCUT2D eigenvalue weighted by Crippen LogP contribution is 2.33. The van der Waals surface area contributed by atoms with E-state index >= 15 is 0 Å². The molecule has 164 valence electrons. The summed E-state index contributed by atoms with van der Waals surface area (Å²) in [6.45, 7) is -0.631. The molecule has 4 rings (SSSR count). The van der Waals surface area contributed by atoms with Gasteiger partial charge in [-0.1, -0.05) is 0 Å². The monoisotopic (exact) mass is 440 g/mol. The zero-order chi connectivity index (χ0) is 22.7. The van der Waals surface area contributed by atoms with E-state index in [2.05, 4.69) is 5.10 Å². The highest BCUT2D eigenvalue weighted by Gasteiger charge is 2.35. The highest BCUT2D eigenvalue weighted by molar-refractivity contribution is 6.03. The van der Waals surface area contributed by atoms with Crippen LogP contribution in [0.3, 0.4) is 0 Å². The van der Waals surface area contributed by atoms with E-state index < -0.39 is 36.2 Å². The third kappa shape index (κ3) is 4.36. The van der Waals surface area contributed by atoms with E-state index in [9.17, 15) is 18.4 Å². The minimum Gasteiger partial charge on any atom is -0.497 e. The molecule has 3 aromatic rings. The molecule has 0 radical (unpaired) electrons. The van der Waals surface area contributed by atoms with E-state index in [1.807, 2.05) is 12.1 Å². The second-order valence-electron chi connectivity index (χ2n) is 6.95. The minimum atomic E-state index is -1.18. The lowest BCUT2D eigenvalue weighted by molar-refractivity contribution is -0.136. The second-order valence-corrected chi connectivity index (χ2v) is 6.95. The zero-order valence-corrected chi connectivity index (χ0v) is 17.0. The smallest absolute Gasteiger partial charge is 0.338 e. The first-order valence-electron chi connectivity index (χ1n) is 9.66. The van der Waals surface area contributed by atoms with Crippen LogP contribution < -0.4 is 4.74 Å². The number of methoxy groups -OCH3 is 1. The molecule has 1 aromatic heterocycles. The summed E-state index contributed by atoms with van der Waals surface area (Å²) in [5.74, 6) is -2.60. The molecule has 1 amide bonds. The molecule has 0 N–H and O–H groups in total. The Bertz CT molecular complexity index is 1160. The molecular weight excluding hydrogens is 422 g/mol. The van der Waals surface area contributed by atoms with Gasteiger partial charge in [0.05, 0.1) is 24.6 Å². The number of hydrazone groups is 1. The Morgan fingerprint density at radius 1 is 1.12 bits per heavy atom. The van der Waals surface area contributed by atoms with Gasteiger partial charge in [-0.15, -0.1) is 0 Å². The van der Waals surface area contributed by atoms with Gasteiger partial charge in [-0.3, -0.25) is 4.79 Å². The third-order valence-corrected chi connectivity index (χ3v) is 4.94. The zero-order valence-electron chi connectivity index (χ0n) is 17.0. The molecule has 32 heavy (non-hydrogen) atoms. The molecular formula is C23H18F2N2O5. The number of benzene rings is 2. The first kappa shape index (κ1) is 21.2. The van der Waals surface area contributed by atoms with Gasteiger partial charge in [0, 0.05) is 6.42 Å². The van der Waals surface area contributed by atoms with Gasteiger partial charge in [-0.25, -0.2) is 18.6 Å². The SMILES string of the molecule is COc1ccc(C2=NN(C(=O)COC(=O)c3ccc(F)c(F)c3)C(c3ccco3)C2)cc1. The van der Waals surface area contributed by atoms with Gasteiger partial charge in [-0.05, 0) is 60.2 Å². The van der Waals surface area contributed by atoms with Crippen molar-refractivity contribution in [3.63, 3.8) is 0 Å². The third-order valence-electron chi connectivity index (χ3n) is 4.94. The summed E-state index contributed by atoms with van der Waals surface area (Å²) in [7, 11) is 1.57. The molecule has 1 aliphatic heterocycles. The lowest BCUT2D eigenvalue weighted by atomic mass is 10.0. The fourth-order valence-corrected chi connectivity index (χ4v) is 3.30. The van der Waals surface area contributed by atoms with Crippen molar-refractivity contribution in [1.29, 1.82) is 0 Å². The van der Waals surface area contributed by atoms with Crippen molar-refractivity contribution in [1.82, 2.24) is 5.01 Å². The van der Waals surface area contributed by atoms with E-state index in [1.54, 1.807) is 31.4 Å². The summed E-state index contributed by atoms with van der Waals surface area (Å²) in [5.41, 5.74) is 1.24. The molecule has 0 saturated carbocycles. The number of ether oxygens (including phenoxy) is 2. The molecule has 2 heterocycles. The van der Waals surface area contributed by atoms with Crippen molar-refractivity contribution in [2.45, 2.75) is 12.5 Å². The number of nitrogens with zero attached hydrogens (tertiary/aromatic N) is 2. The quantitative estimate of drug-likeness (QED) is 0.539. The first-order chi connectivity index (χ1) is 15.5. The van der Waals surface area contributed by atoms with Crippen LogP contribution in [0.25, 0.3) is 0 Å². The highest BCUT2D eigenvalue weighted by atomic mass is 19.2. The largest absolute Gasteiger partial charge is 0.497 e. The average molecular weight is 440 g/mol. The Morgan fingerprint density at radius 3 is 2.56 bits per heavy atom. The molecule has 0 aliphatic carbocycles. The number of carbonyl (C=O) groups excluding carboxylic acids is 2. The van der Waals surface area contributed by atoms with Crippen molar-refractivity contribution in [3.05, 3.63) is 89.4 Å². The minimum absolute atomic E-state index is 0.205. The Kier molecular flexibility index (Phi) is 5.98. The number of hydrogen-bond donors (Lipinski definition) is 0. The van der Waals surface area contributed by atoms with Crippen LogP contribution in [0.1, 0.15) is 34.1 Å². The Labute approximate surface area is 181 Å². The normalized spacial score (nSPS) is 15.4. The summed E-state index contributed by atoms with van der Waals surface area (Å²) in [4.78, 5) is 25.0. The summed E-state index contributed by atoms with van der Waals surface area (Å²) >= 11 is 0. The van der Waals surface area contributed by atoms with Gasteiger partial charge in [0.2, 0.25) is 0 Å². The fourth-order valence-electron chi connectivity index (χ4n) is 3.30. The van der Waals surface area contributed by atoms with Crippen LogP contribution in [0.2, 0.25) is 0 Å². The van der Waals surface area contributed by atoms with Crippen molar-refractivity contribution in [3.8, 4) is 5.75 Å². The molecule has 1 unspecified atom stereocenters. The van der Waals surface area contributed by atoms with Crippen LogP contribution in [0.4, 0.5) is 8.78 Å². The molecule has 0 fully saturated rings. The topological polar surface area (TPSA) is 81.3 Å². The molecule has 1 aliphatic rings. The van der Waals surface area contributed by atoms with E-state index in [0.717, 1.165) is 17.7 Å². The number of halogens is 2. The van der Waals surface area contributed by atoms with Gasteiger partial charge in [0.25, 0.3) is 5.91 Å². The molecule has 9 heteroatoms. The van der Waals surface area contributed by atoms with Crippen molar-refractivity contribution >= 4 is 17.6 Å². The van der Waals surface area contributed by atoms with E-state index in [1.165, 1.54) is 11.3 Å². The number of esters is 1. The molecule has 2 aromatic carbocycles. The van der Waals surface area contributed by atoms with Gasteiger partial charge in [-0.2, -0.15) is 5.10 Å². The summed E-state index contributed by atoms with van der Waals surface area (Å²) in [5, 5.41) is 5.63. The number of furan rings is 1. The molecule has 0 spiro atoms. The number of carbonyl (C=O) groups is 2. The predicted octanol–water partition coefficient (Wildman–Crippen LogP) is 4.10. The first-order valence-corrected chi connectivity index (χ1v) is 9.66. The maximum Gasteiger partial charge on any atom is 0.338 e. The Hall–Kier alpha value is -4.01. The fraction of sp³-hybridized carbons (Fsp3) is 0.174. The number of amides is 1. The average Bonchev–Trinajstić information content (AvgIpc) is 3.49. The molecule has 0 saturated heterocycles. The number of hydrogen-bond acceptors (Lipinski definition) is 6. The van der Waals surface area contributed by atoms with Gasteiger partial charge < -0.3 is 13.9 Å². The van der Waals surface area contributed by atoms with E-state index in [-0.39, 0.29) is 5.56 Å². The Morgan fingerprint density at radius 2 is 1.91 bits per heavy atom. The summed E-state index contributed by atoms with van der Waals surface area (Å²) in [6, 6.07) is 12.7. The van der Waals surface area contributed by atoms with E-state index in [4.69, 9.17) is 13.9 Å². The van der Waals surface area contributed by atoms with Crippen LogP contribution in [-0.4, -0.2) is 36.3 Å². The van der Waals surface area contributed by atoms with Crippen LogP contribution in [0.15, 0.2) is 70.4 Å². The van der Waals surface area contributed by atoms with Gasteiger partial charge in [0.1, 0.15) is 17.6 Å². The maximum absolute atomic E-state index is 13.4. The van der Waals surface area contributed by atoms with Crippen molar-refractivity contribution < 1.29 is 32.3 Å². The van der Waals surface area contributed by atoms with Crippen LogP contribution in [0.5, 0.6) is 5.75 Å². The second kappa shape index (κ2) is 9.01. The van der Waals surface area contributed by atoms with Crippen molar-refractivity contribution in [2.75, 3.05) is 13.7 Å². The van der Waals surface area contributed by atoms with Gasteiger partial charge in [0.15, 0.2) is 18.2 Å². The summed E-state index contributed by atoms with van der Waals surface area (Å²) < 4.78 is 42.0. The lowest BCUT2D eigenvalue weighted by Crippen LogP contribution is -2.31. The Balaban J connectivity index is 1.51. The van der Waals surface area contributed by atoms with Crippen LogP contribution >= 0.6 is 0 Å². The van der Waals surface area contributed by atoms with Crippen LogP contribution in [-0.2, 0) is 9.53 Å². The van der Waals surface area contributed by atoms with Crippen LogP contribution in [0, 0.1) is 11.6 Å². The molecule has 1 atom stereocenters. The predicted molar refractivity (Wildman–Crippen MR) is 109 cm³/mol.